The predicted octanol–water partition coefficient (Wildman–Crippen LogP) is 2.83. The van der Waals surface area contributed by atoms with E-state index in [1.807, 2.05) is 30.3 Å². The van der Waals surface area contributed by atoms with Gasteiger partial charge in [0.05, 0.1) is 11.4 Å². The van der Waals surface area contributed by atoms with Gasteiger partial charge in [-0.25, -0.2) is 13.1 Å². The van der Waals surface area contributed by atoms with Gasteiger partial charge in [0.2, 0.25) is 10.0 Å². The average Bonchev–Trinajstić information content (AvgIpc) is 2.62. The zero-order chi connectivity index (χ0) is 18.2. The predicted molar refractivity (Wildman–Crippen MR) is 101 cm³/mol. The fraction of sp³-hybridized carbons (Fsp3) is 0.700. The standard InChI is InChI=1S/C20H29NO4S/c1-24-20(17-10-15-9-16(12-17)13-18(20)11-15)14-21-26(22,23)8-7-25-19-5-3-2-4-6-19/h2-6,15-18,21H,7-14H2,1H3. The van der Waals surface area contributed by atoms with Crippen molar-refractivity contribution in [2.24, 2.45) is 23.7 Å². The summed E-state index contributed by atoms with van der Waals surface area (Å²) in [4.78, 5) is 0. The van der Waals surface area contributed by atoms with E-state index in [4.69, 9.17) is 9.47 Å². The summed E-state index contributed by atoms with van der Waals surface area (Å²) in [7, 11) is -1.63. The molecule has 4 aliphatic carbocycles. The van der Waals surface area contributed by atoms with Gasteiger partial charge in [0.25, 0.3) is 0 Å². The summed E-state index contributed by atoms with van der Waals surface area (Å²) in [5.41, 5.74) is -0.319. The van der Waals surface area contributed by atoms with Gasteiger partial charge in [0, 0.05) is 13.7 Å². The number of hydrogen-bond donors (Lipinski definition) is 1. The topological polar surface area (TPSA) is 64.6 Å². The molecule has 0 amide bonds. The van der Waals surface area contributed by atoms with Crippen molar-refractivity contribution in [3.05, 3.63) is 30.3 Å². The van der Waals surface area contributed by atoms with Crippen LogP contribution in [0.25, 0.3) is 0 Å². The minimum absolute atomic E-state index is 0.0394. The molecule has 0 saturated heterocycles. The van der Waals surface area contributed by atoms with Crippen LogP contribution >= 0.6 is 0 Å². The Morgan fingerprint density at radius 2 is 1.65 bits per heavy atom. The van der Waals surface area contributed by atoms with Gasteiger partial charge in [0.1, 0.15) is 12.4 Å². The van der Waals surface area contributed by atoms with Crippen LogP contribution in [0.2, 0.25) is 0 Å². The molecule has 5 rings (SSSR count). The van der Waals surface area contributed by atoms with E-state index in [9.17, 15) is 8.42 Å². The largest absolute Gasteiger partial charge is 0.492 e. The number of benzene rings is 1. The summed E-state index contributed by atoms with van der Waals surface area (Å²) in [6, 6.07) is 9.30. The zero-order valence-corrected chi connectivity index (χ0v) is 16.2. The first-order valence-electron chi connectivity index (χ1n) is 9.71. The molecule has 5 nitrogen and oxygen atoms in total. The number of rotatable bonds is 8. The molecule has 0 aliphatic heterocycles. The molecule has 1 N–H and O–H groups in total. The molecule has 4 bridgehead atoms. The minimum atomic E-state index is -3.39. The number of hydrogen-bond acceptors (Lipinski definition) is 4. The molecule has 144 valence electrons. The van der Waals surface area contributed by atoms with Crippen LogP contribution in [0.15, 0.2) is 30.3 Å². The van der Waals surface area contributed by atoms with Gasteiger partial charge in [-0.05, 0) is 67.9 Å². The summed E-state index contributed by atoms with van der Waals surface area (Å²) in [5, 5.41) is 0. The maximum absolute atomic E-state index is 12.5. The van der Waals surface area contributed by atoms with Crippen LogP contribution in [0.4, 0.5) is 0 Å². The molecule has 6 heteroatoms. The lowest BCUT2D eigenvalue weighted by Gasteiger charge is -2.60. The van der Waals surface area contributed by atoms with Crippen molar-refractivity contribution in [2.75, 3.05) is 26.0 Å². The van der Waals surface area contributed by atoms with Crippen molar-refractivity contribution in [2.45, 2.75) is 37.7 Å². The highest BCUT2D eigenvalue weighted by atomic mass is 32.2. The second-order valence-electron chi connectivity index (χ2n) is 8.26. The summed E-state index contributed by atoms with van der Waals surface area (Å²) in [6.45, 7) is 0.544. The van der Waals surface area contributed by atoms with Crippen LogP contribution in [0, 0.1) is 23.7 Å². The number of ether oxygens (including phenoxy) is 2. The maximum Gasteiger partial charge on any atom is 0.215 e. The van der Waals surface area contributed by atoms with Crippen LogP contribution in [0.3, 0.4) is 0 Å². The van der Waals surface area contributed by atoms with E-state index in [1.165, 1.54) is 32.1 Å². The Hall–Kier alpha value is -1.11. The molecule has 0 radical (unpaired) electrons. The van der Waals surface area contributed by atoms with Gasteiger partial charge in [0.15, 0.2) is 0 Å². The highest BCUT2D eigenvalue weighted by molar-refractivity contribution is 7.89. The van der Waals surface area contributed by atoms with E-state index in [0.29, 0.717) is 24.1 Å². The molecule has 0 atom stereocenters. The first-order valence-corrected chi connectivity index (χ1v) is 11.4. The quantitative estimate of drug-likeness (QED) is 0.754. The molecular formula is C20H29NO4S. The highest BCUT2D eigenvalue weighted by Crippen LogP contribution is 2.59. The van der Waals surface area contributed by atoms with E-state index < -0.39 is 10.0 Å². The summed E-state index contributed by atoms with van der Waals surface area (Å²) in [5.74, 6) is 3.30. The third kappa shape index (κ3) is 3.51. The monoisotopic (exact) mass is 379 g/mol. The second kappa shape index (κ2) is 7.13. The van der Waals surface area contributed by atoms with Gasteiger partial charge in [-0.3, -0.25) is 0 Å². The van der Waals surface area contributed by atoms with Crippen LogP contribution in [-0.4, -0.2) is 40.0 Å². The van der Waals surface area contributed by atoms with E-state index in [1.54, 1.807) is 7.11 Å². The molecule has 4 saturated carbocycles. The maximum atomic E-state index is 12.5. The van der Waals surface area contributed by atoms with Gasteiger partial charge in [-0.2, -0.15) is 0 Å². The number of nitrogens with one attached hydrogen (secondary N) is 1. The third-order valence-corrected chi connectivity index (χ3v) is 8.12. The van der Waals surface area contributed by atoms with E-state index >= 15 is 0 Å². The Morgan fingerprint density at radius 3 is 2.23 bits per heavy atom. The average molecular weight is 380 g/mol. The Morgan fingerprint density at radius 1 is 1.04 bits per heavy atom. The van der Waals surface area contributed by atoms with Crippen molar-refractivity contribution < 1.29 is 17.9 Å². The Labute approximate surface area is 156 Å². The number of sulfonamides is 1. The van der Waals surface area contributed by atoms with Crippen molar-refractivity contribution in [3.8, 4) is 5.75 Å². The number of methoxy groups -OCH3 is 1. The normalized spacial score (nSPS) is 35.6. The minimum Gasteiger partial charge on any atom is -0.492 e. The lowest BCUT2D eigenvalue weighted by Crippen LogP contribution is -2.63. The Bertz CT molecular complexity index is 691. The van der Waals surface area contributed by atoms with Crippen LogP contribution < -0.4 is 9.46 Å². The summed E-state index contributed by atoms with van der Waals surface area (Å²) >= 11 is 0. The zero-order valence-electron chi connectivity index (χ0n) is 15.4. The fourth-order valence-corrected chi connectivity index (χ4v) is 6.65. The molecule has 0 spiro atoms. The smallest absolute Gasteiger partial charge is 0.215 e. The number of para-hydroxylation sites is 1. The van der Waals surface area contributed by atoms with Crippen LogP contribution in [0.1, 0.15) is 32.1 Å². The second-order valence-corrected chi connectivity index (χ2v) is 10.2. The van der Waals surface area contributed by atoms with Gasteiger partial charge in [-0.1, -0.05) is 18.2 Å². The third-order valence-electron chi connectivity index (χ3n) is 6.83. The van der Waals surface area contributed by atoms with Gasteiger partial charge in [-0.15, -0.1) is 0 Å². The van der Waals surface area contributed by atoms with Crippen molar-refractivity contribution >= 4 is 10.0 Å². The molecule has 4 fully saturated rings. The SMILES string of the molecule is COC1(CNS(=O)(=O)CCOc2ccccc2)C2CC3CC(C2)CC1C3. The molecule has 4 aliphatic rings. The van der Waals surface area contributed by atoms with Crippen LogP contribution in [-0.2, 0) is 14.8 Å². The molecule has 0 heterocycles. The lowest BCUT2D eigenvalue weighted by molar-refractivity contribution is -0.185. The van der Waals surface area contributed by atoms with Gasteiger partial charge < -0.3 is 9.47 Å². The molecule has 26 heavy (non-hydrogen) atoms. The van der Waals surface area contributed by atoms with E-state index in [2.05, 4.69) is 4.72 Å². The van der Waals surface area contributed by atoms with Crippen LogP contribution in [0.5, 0.6) is 5.75 Å². The molecule has 0 aromatic heterocycles. The molecule has 0 unspecified atom stereocenters. The van der Waals surface area contributed by atoms with Crippen molar-refractivity contribution in [1.29, 1.82) is 0 Å². The lowest BCUT2D eigenvalue weighted by atomic mass is 9.50. The molecule has 1 aromatic carbocycles. The molecule has 1 aromatic rings. The molecular weight excluding hydrogens is 350 g/mol. The van der Waals surface area contributed by atoms with Gasteiger partial charge >= 0.3 is 0 Å². The first-order chi connectivity index (χ1) is 12.5. The fourth-order valence-electron chi connectivity index (χ4n) is 5.76. The van der Waals surface area contributed by atoms with Crippen molar-refractivity contribution in [1.82, 2.24) is 4.72 Å². The first kappa shape index (κ1) is 18.3. The Balaban J connectivity index is 1.34. The van der Waals surface area contributed by atoms with Crippen molar-refractivity contribution in [3.63, 3.8) is 0 Å². The van der Waals surface area contributed by atoms with E-state index in [-0.39, 0.29) is 18.0 Å². The van der Waals surface area contributed by atoms with E-state index in [0.717, 1.165) is 11.8 Å². The highest BCUT2D eigenvalue weighted by Gasteiger charge is 2.57. The Kier molecular flexibility index (Phi) is 5.01. The summed E-state index contributed by atoms with van der Waals surface area (Å²) in [6.07, 6.45) is 6.15. The summed E-state index contributed by atoms with van der Waals surface area (Å²) < 4.78 is 39.3.